The molecule has 0 heterocycles. The third-order valence-corrected chi connectivity index (χ3v) is 4.30. The summed E-state index contributed by atoms with van der Waals surface area (Å²) in [6.07, 6.45) is -0.608. The van der Waals surface area contributed by atoms with Gasteiger partial charge in [0, 0.05) is 0 Å². The Bertz CT molecular complexity index is 424. The van der Waals surface area contributed by atoms with Crippen molar-refractivity contribution in [3.05, 3.63) is 0 Å². The van der Waals surface area contributed by atoms with Gasteiger partial charge in [-0.2, -0.15) is 0 Å². The summed E-state index contributed by atoms with van der Waals surface area (Å²) in [7, 11) is -4.48. The molecular formula is C14H28F2NO7P. The van der Waals surface area contributed by atoms with Gasteiger partial charge in [-0.3, -0.25) is 0 Å². The first-order valence-electron chi connectivity index (χ1n) is 8.07. The van der Waals surface area contributed by atoms with Gasteiger partial charge in [-0.1, -0.05) is 0 Å². The number of ether oxygens (including phenoxy) is 1. The Hall–Kier alpha value is -0.770. The van der Waals surface area contributed by atoms with Gasteiger partial charge in [-0.05, 0) is 0 Å². The molecule has 0 amide bonds. The molecule has 1 atom stereocenters. The van der Waals surface area contributed by atoms with Crippen molar-refractivity contribution < 1.29 is 41.9 Å². The Kier molecular flexibility index (Phi) is 11.4. The number of hydrogen-bond donors (Lipinski definition) is 3. The molecule has 4 N–H and O–H groups in total. The Morgan fingerprint density at radius 1 is 1.20 bits per heavy atom. The maximum absolute atomic E-state index is 13.4. The van der Waals surface area contributed by atoms with Gasteiger partial charge in [0.25, 0.3) is 0 Å². The second kappa shape index (κ2) is 11.8. The molecule has 0 spiro atoms. The average Bonchev–Trinajstić information content (AvgIpc) is 2.55. The van der Waals surface area contributed by atoms with E-state index >= 15 is 0 Å². The number of Topliss-reactive ketones (excluding diaryl/α,β-unsaturated/α-hetero) is 1. The molecule has 0 aromatic rings. The van der Waals surface area contributed by atoms with E-state index in [1.54, 1.807) is 6.92 Å². The minimum absolute atomic E-state index is 0.0263. The van der Waals surface area contributed by atoms with Crippen LogP contribution >= 0.6 is 8.17 Å². The van der Waals surface area contributed by atoms with E-state index < -0.39 is 51.2 Å². The summed E-state index contributed by atoms with van der Waals surface area (Å²) < 4.78 is 41.3. The third kappa shape index (κ3) is 10.7. The summed E-state index contributed by atoms with van der Waals surface area (Å²) in [5.41, 5.74) is 5.16. The number of ketones is 1. The van der Waals surface area contributed by atoms with E-state index in [0.29, 0.717) is 6.42 Å². The van der Waals surface area contributed by atoms with Crippen LogP contribution in [-0.4, -0.2) is 53.8 Å². The van der Waals surface area contributed by atoms with E-state index in [9.17, 15) is 28.2 Å². The van der Waals surface area contributed by atoms with Crippen molar-refractivity contribution in [2.24, 2.45) is 11.7 Å². The molecule has 0 aliphatic carbocycles. The summed E-state index contributed by atoms with van der Waals surface area (Å²) in [6.45, 7) is 1.95. The van der Waals surface area contributed by atoms with Gasteiger partial charge in [0.2, 0.25) is 0 Å². The predicted molar refractivity (Wildman–Crippen MR) is 87.9 cm³/mol. The molecule has 1 unspecified atom stereocenters. The fourth-order valence-corrected chi connectivity index (χ4v) is 2.64. The molecule has 8 nitrogen and oxygen atoms in total. The van der Waals surface area contributed by atoms with Gasteiger partial charge in [0.05, 0.1) is 0 Å². The van der Waals surface area contributed by atoms with Crippen molar-refractivity contribution in [2.45, 2.75) is 45.5 Å². The van der Waals surface area contributed by atoms with Gasteiger partial charge < -0.3 is 0 Å². The van der Waals surface area contributed by atoms with Crippen molar-refractivity contribution in [2.75, 3.05) is 26.4 Å². The van der Waals surface area contributed by atoms with Crippen LogP contribution in [0.25, 0.3) is 0 Å². The number of rotatable bonds is 14. The quantitative estimate of drug-likeness (QED) is 0.299. The van der Waals surface area contributed by atoms with Crippen LogP contribution in [0.1, 0.15) is 39.5 Å². The van der Waals surface area contributed by atoms with Crippen LogP contribution in [-0.2, 0) is 23.4 Å². The molecule has 0 fully saturated rings. The van der Waals surface area contributed by atoms with Crippen molar-refractivity contribution in [1.29, 1.82) is 0 Å². The molecule has 0 saturated heterocycles. The molecule has 0 radical (unpaired) electrons. The fourth-order valence-electron chi connectivity index (χ4n) is 1.72. The Morgan fingerprint density at radius 2 is 1.84 bits per heavy atom. The Morgan fingerprint density at radius 3 is 2.36 bits per heavy atom. The molecule has 0 aromatic carbocycles. The number of carbonyl (C=O) groups excluding carboxylic acids is 2. The van der Waals surface area contributed by atoms with E-state index in [0.717, 1.165) is 0 Å². The number of alkyl halides is 2. The zero-order valence-corrected chi connectivity index (χ0v) is 15.5. The van der Waals surface area contributed by atoms with Gasteiger partial charge in [-0.15, -0.1) is 0 Å². The number of halogens is 2. The maximum atomic E-state index is 13.4. The molecule has 0 aromatic heterocycles. The second-order valence-electron chi connectivity index (χ2n) is 5.48. The minimum atomic E-state index is -4.48. The van der Waals surface area contributed by atoms with E-state index in [-0.39, 0.29) is 26.2 Å². The zero-order valence-electron chi connectivity index (χ0n) is 14.5. The number of hydrogen-bond acceptors (Lipinski definition) is 8. The summed E-state index contributed by atoms with van der Waals surface area (Å²) in [4.78, 5) is 42.2. The van der Waals surface area contributed by atoms with Gasteiger partial charge in [0.15, 0.2) is 0 Å². The van der Waals surface area contributed by atoms with E-state index in [2.05, 4.69) is 4.52 Å². The molecule has 0 aliphatic rings. The molecule has 0 rings (SSSR count). The molecule has 0 bridgehead atoms. The zero-order chi connectivity index (χ0) is 19.5. The number of esters is 1. The standard InChI is InChI=1S/C14H28F2NO7P/c1-3-5-13(19)22-9-11(8-12(18)14(15,16)4-2)10-24-25(20,21)23-7-6-17/h11,20-21,25H,3-10,17H2,1-2H3. The van der Waals surface area contributed by atoms with Crippen LogP contribution in [0.3, 0.4) is 0 Å². The van der Waals surface area contributed by atoms with Gasteiger partial charge in [0.1, 0.15) is 0 Å². The van der Waals surface area contributed by atoms with Crippen molar-refractivity contribution >= 4 is 19.9 Å². The molecule has 0 aliphatic heterocycles. The third-order valence-electron chi connectivity index (χ3n) is 3.18. The van der Waals surface area contributed by atoms with E-state index in [1.807, 2.05) is 0 Å². The first-order chi connectivity index (χ1) is 11.6. The van der Waals surface area contributed by atoms with Crippen molar-refractivity contribution in [3.8, 4) is 0 Å². The van der Waals surface area contributed by atoms with Crippen molar-refractivity contribution in [3.63, 3.8) is 0 Å². The fraction of sp³-hybridized carbons (Fsp3) is 0.857. The predicted octanol–water partition coefficient (Wildman–Crippen LogP) is 1.34. The first kappa shape index (κ1) is 24.2. The molecule has 25 heavy (non-hydrogen) atoms. The van der Waals surface area contributed by atoms with Crippen LogP contribution in [0.15, 0.2) is 0 Å². The second-order valence-corrected chi connectivity index (χ2v) is 7.16. The molecule has 0 saturated carbocycles. The molecular weight excluding hydrogens is 363 g/mol. The average molecular weight is 391 g/mol. The summed E-state index contributed by atoms with van der Waals surface area (Å²) >= 11 is 0. The Balaban J connectivity index is 4.77. The van der Waals surface area contributed by atoms with Crippen molar-refractivity contribution in [1.82, 2.24) is 0 Å². The number of carbonyl (C=O) groups is 2. The van der Waals surface area contributed by atoms with Gasteiger partial charge in [-0.25, -0.2) is 0 Å². The van der Waals surface area contributed by atoms with E-state index in [1.165, 1.54) is 6.92 Å². The van der Waals surface area contributed by atoms with Gasteiger partial charge >= 0.3 is 145 Å². The topological polar surface area (TPSA) is 128 Å². The molecule has 11 heteroatoms. The van der Waals surface area contributed by atoms with Crippen LogP contribution in [0.2, 0.25) is 0 Å². The summed E-state index contributed by atoms with van der Waals surface area (Å²) in [5.74, 6) is -6.34. The molecule has 150 valence electrons. The Labute approximate surface area is 146 Å². The normalized spacial score (nSPS) is 14.2. The first-order valence-corrected chi connectivity index (χ1v) is 9.78. The van der Waals surface area contributed by atoms with Crippen LogP contribution < -0.4 is 5.73 Å². The monoisotopic (exact) mass is 391 g/mol. The van der Waals surface area contributed by atoms with Crippen LogP contribution in [0.5, 0.6) is 0 Å². The number of nitrogens with two attached hydrogens (primary N) is 1. The summed E-state index contributed by atoms with van der Waals surface area (Å²) in [6, 6.07) is 0. The van der Waals surface area contributed by atoms with E-state index in [4.69, 9.17) is 15.0 Å². The summed E-state index contributed by atoms with van der Waals surface area (Å²) in [5, 5.41) is 0. The van der Waals surface area contributed by atoms with Crippen LogP contribution in [0.4, 0.5) is 8.78 Å². The SMILES string of the molecule is CCCC(=O)OCC(CO[PH](O)(O)OCCN)CC(=O)C(F)(F)CC. The van der Waals surface area contributed by atoms with Crippen LogP contribution in [0, 0.1) is 5.92 Å².